The number of nitrogens with zero attached hydrogens (tertiary/aromatic N) is 1. The lowest BCUT2D eigenvalue weighted by atomic mass is 10.1. The van der Waals surface area contributed by atoms with Gasteiger partial charge in [-0.2, -0.15) is 0 Å². The Bertz CT molecular complexity index is 522. The molecular formula is C13H16Cl2N2O3. The topological polar surface area (TPSA) is 69.6 Å². The van der Waals surface area contributed by atoms with E-state index >= 15 is 0 Å². The van der Waals surface area contributed by atoms with Crippen LogP contribution < -0.4 is 5.32 Å². The molecule has 1 aromatic carbocycles. The van der Waals surface area contributed by atoms with E-state index in [2.05, 4.69) is 5.32 Å². The van der Waals surface area contributed by atoms with Crippen molar-refractivity contribution < 1.29 is 14.7 Å². The zero-order valence-electron chi connectivity index (χ0n) is 11.4. The normalized spacial score (nSPS) is 13.4. The summed E-state index contributed by atoms with van der Waals surface area (Å²) in [6.07, 6.45) is 0. The highest BCUT2D eigenvalue weighted by molar-refractivity contribution is 6.35. The van der Waals surface area contributed by atoms with Gasteiger partial charge in [0.2, 0.25) is 0 Å². The molecule has 0 bridgehead atoms. The minimum Gasteiger partial charge on any atom is -0.480 e. The van der Waals surface area contributed by atoms with Crippen LogP contribution in [0.3, 0.4) is 0 Å². The van der Waals surface area contributed by atoms with Gasteiger partial charge < -0.3 is 15.3 Å². The number of carboxylic acid groups (broad SMARTS) is 1. The molecule has 0 saturated carbocycles. The summed E-state index contributed by atoms with van der Waals surface area (Å²) in [5.41, 5.74) is 0.709. The molecule has 0 spiro atoms. The van der Waals surface area contributed by atoms with Gasteiger partial charge in [-0.3, -0.25) is 0 Å². The molecular weight excluding hydrogens is 303 g/mol. The number of amides is 2. The van der Waals surface area contributed by atoms with Crippen LogP contribution in [0.5, 0.6) is 0 Å². The van der Waals surface area contributed by atoms with Crippen molar-refractivity contribution in [2.75, 3.05) is 7.05 Å². The van der Waals surface area contributed by atoms with E-state index < -0.39 is 18.0 Å². The highest BCUT2D eigenvalue weighted by atomic mass is 35.5. The summed E-state index contributed by atoms with van der Waals surface area (Å²) in [6, 6.07) is 3.22. The molecule has 1 rings (SSSR count). The quantitative estimate of drug-likeness (QED) is 0.895. The first-order valence-electron chi connectivity index (χ1n) is 5.95. The Kier molecular flexibility index (Phi) is 5.65. The summed E-state index contributed by atoms with van der Waals surface area (Å²) in [4.78, 5) is 23.9. The molecule has 0 saturated heterocycles. The third-order valence-electron chi connectivity index (χ3n) is 3.03. The second kappa shape index (κ2) is 6.81. The van der Waals surface area contributed by atoms with Crippen molar-refractivity contribution in [3.05, 3.63) is 33.8 Å². The second-order valence-corrected chi connectivity index (χ2v) is 5.31. The van der Waals surface area contributed by atoms with Crippen molar-refractivity contribution in [3.63, 3.8) is 0 Å². The van der Waals surface area contributed by atoms with Crippen LogP contribution in [0.2, 0.25) is 10.0 Å². The van der Waals surface area contributed by atoms with E-state index in [4.69, 9.17) is 28.3 Å². The van der Waals surface area contributed by atoms with Crippen molar-refractivity contribution in [2.24, 2.45) is 0 Å². The number of urea groups is 1. The van der Waals surface area contributed by atoms with Crippen molar-refractivity contribution in [2.45, 2.75) is 25.9 Å². The maximum absolute atomic E-state index is 11.9. The number of nitrogens with one attached hydrogen (secondary N) is 1. The van der Waals surface area contributed by atoms with E-state index in [0.717, 1.165) is 4.90 Å². The number of aliphatic carboxylic acids is 1. The van der Waals surface area contributed by atoms with Crippen molar-refractivity contribution >= 4 is 35.2 Å². The fourth-order valence-corrected chi connectivity index (χ4v) is 2.13. The van der Waals surface area contributed by atoms with Gasteiger partial charge >= 0.3 is 12.0 Å². The number of carbonyl (C=O) groups excluding carboxylic acids is 1. The molecule has 2 N–H and O–H groups in total. The molecule has 0 aliphatic heterocycles. The maximum Gasteiger partial charge on any atom is 0.326 e. The molecule has 0 heterocycles. The Morgan fingerprint density at radius 2 is 1.90 bits per heavy atom. The summed E-state index contributed by atoms with van der Waals surface area (Å²) in [6.45, 7) is 3.19. The highest BCUT2D eigenvalue weighted by Crippen LogP contribution is 2.26. The molecule has 2 atom stereocenters. The van der Waals surface area contributed by atoms with E-state index in [0.29, 0.717) is 15.6 Å². The van der Waals surface area contributed by atoms with Gasteiger partial charge in [0.15, 0.2) is 0 Å². The average molecular weight is 319 g/mol. The molecule has 110 valence electrons. The molecule has 0 aromatic heterocycles. The maximum atomic E-state index is 11.9. The largest absolute Gasteiger partial charge is 0.480 e. The van der Waals surface area contributed by atoms with E-state index in [1.807, 2.05) is 0 Å². The van der Waals surface area contributed by atoms with E-state index in [1.54, 1.807) is 25.1 Å². The number of benzene rings is 1. The van der Waals surface area contributed by atoms with Gasteiger partial charge in [0.1, 0.15) is 6.04 Å². The smallest absolute Gasteiger partial charge is 0.326 e. The molecule has 20 heavy (non-hydrogen) atoms. The number of hydrogen-bond acceptors (Lipinski definition) is 2. The summed E-state index contributed by atoms with van der Waals surface area (Å²) in [5.74, 6) is -1.07. The summed E-state index contributed by atoms with van der Waals surface area (Å²) in [7, 11) is 1.42. The molecule has 1 aromatic rings. The lowest BCUT2D eigenvalue weighted by Gasteiger charge is -2.24. The van der Waals surface area contributed by atoms with Crippen LogP contribution >= 0.6 is 23.2 Å². The third kappa shape index (κ3) is 4.02. The first kappa shape index (κ1) is 16.6. The predicted molar refractivity (Wildman–Crippen MR) is 78.3 cm³/mol. The number of rotatable bonds is 4. The lowest BCUT2D eigenvalue weighted by Crippen LogP contribution is -2.46. The van der Waals surface area contributed by atoms with Crippen LogP contribution in [-0.2, 0) is 4.79 Å². The molecule has 0 radical (unpaired) electrons. The Balaban J connectivity index is 2.77. The molecule has 0 aliphatic carbocycles. The van der Waals surface area contributed by atoms with Crippen LogP contribution in [0.1, 0.15) is 25.5 Å². The first-order chi connectivity index (χ1) is 9.23. The van der Waals surface area contributed by atoms with Crippen LogP contribution in [-0.4, -0.2) is 35.1 Å². The van der Waals surface area contributed by atoms with Gasteiger partial charge in [-0.25, -0.2) is 9.59 Å². The number of carboxylic acids is 1. The zero-order valence-corrected chi connectivity index (χ0v) is 12.9. The van der Waals surface area contributed by atoms with Crippen molar-refractivity contribution in [1.29, 1.82) is 0 Å². The fraction of sp³-hybridized carbons (Fsp3) is 0.385. The average Bonchev–Trinajstić information content (AvgIpc) is 2.36. The van der Waals surface area contributed by atoms with Crippen molar-refractivity contribution in [1.82, 2.24) is 10.2 Å². The molecule has 0 aliphatic rings. The molecule has 5 nitrogen and oxygen atoms in total. The zero-order chi connectivity index (χ0) is 15.4. The standard InChI is InChI=1S/C13H16Cl2N2O3/c1-7(10-5-4-9(14)6-11(10)15)16-13(20)17(3)8(2)12(18)19/h4-8H,1-3H3,(H,16,20)(H,18,19). The Hall–Kier alpha value is -1.46. The van der Waals surface area contributed by atoms with Crippen LogP contribution in [0.25, 0.3) is 0 Å². The van der Waals surface area contributed by atoms with E-state index in [1.165, 1.54) is 14.0 Å². The highest BCUT2D eigenvalue weighted by Gasteiger charge is 2.23. The minimum atomic E-state index is -1.07. The Labute approximate surface area is 127 Å². The number of halogens is 2. The summed E-state index contributed by atoms with van der Waals surface area (Å²) < 4.78 is 0. The SMILES string of the molecule is CC(NC(=O)N(C)C(C)C(=O)O)c1ccc(Cl)cc1Cl. The molecule has 2 amide bonds. The summed E-state index contributed by atoms with van der Waals surface area (Å²) in [5, 5.41) is 12.5. The van der Waals surface area contributed by atoms with Crippen LogP contribution in [0.15, 0.2) is 18.2 Å². The summed E-state index contributed by atoms with van der Waals surface area (Å²) >= 11 is 11.9. The number of hydrogen-bond donors (Lipinski definition) is 2. The first-order valence-corrected chi connectivity index (χ1v) is 6.70. The second-order valence-electron chi connectivity index (χ2n) is 4.46. The van der Waals surface area contributed by atoms with Crippen molar-refractivity contribution in [3.8, 4) is 0 Å². The van der Waals surface area contributed by atoms with Gasteiger partial charge in [-0.1, -0.05) is 29.3 Å². The Morgan fingerprint density at radius 1 is 1.30 bits per heavy atom. The number of likely N-dealkylation sites (N-methyl/N-ethyl adjacent to an activating group) is 1. The van der Waals surface area contributed by atoms with Gasteiger partial charge in [0.05, 0.1) is 6.04 Å². The minimum absolute atomic E-state index is 0.365. The van der Waals surface area contributed by atoms with Gasteiger partial charge in [-0.15, -0.1) is 0 Å². The fourth-order valence-electron chi connectivity index (χ4n) is 1.56. The lowest BCUT2D eigenvalue weighted by molar-refractivity contribution is -0.141. The number of carbonyl (C=O) groups is 2. The molecule has 2 unspecified atom stereocenters. The van der Waals surface area contributed by atoms with Crippen LogP contribution in [0.4, 0.5) is 4.79 Å². The predicted octanol–water partition coefficient (Wildman–Crippen LogP) is 3.17. The van der Waals surface area contributed by atoms with Gasteiger partial charge in [0.25, 0.3) is 0 Å². The molecule has 7 heteroatoms. The third-order valence-corrected chi connectivity index (χ3v) is 3.59. The van der Waals surface area contributed by atoms with E-state index in [-0.39, 0.29) is 6.04 Å². The monoisotopic (exact) mass is 318 g/mol. The molecule has 0 fully saturated rings. The Morgan fingerprint density at radius 3 is 2.40 bits per heavy atom. The van der Waals surface area contributed by atoms with E-state index in [9.17, 15) is 9.59 Å². The van der Waals surface area contributed by atoms with Gasteiger partial charge in [-0.05, 0) is 31.5 Å². The van der Waals surface area contributed by atoms with Crippen LogP contribution in [0, 0.1) is 0 Å². The van der Waals surface area contributed by atoms with Gasteiger partial charge in [0, 0.05) is 17.1 Å².